The van der Waals surface area contributed by atoms with Gasteiger partial charge in [-0.3, -0.25) is 4.79 Å². The van der Waals surface area contributed by atoms with E-state index < -0.39 is 5.97 Å². The van der Waals surface area contributed by atoms with Gasteiger partial charge in [-0.2, -0.15) is 0 Å². The van der Waals surface area contributed by atoms with Crippen LogP contribution in [-0.2, 0) is 4.79 Å². The lowest BCUT2D eigenvalue weighted by Gasteiger charge is -2.22. The minimum absolute atomic E-state index is 0.0182. The molecule has 2 rings (SSSR count). The molecule has 6 heteroatoms. The fourth-order valence-corrected chi connectivity index (χ4v) is 2.06. The van der Waals surface area contributed by atoms with Crippen LogP contribution in [0.4, 0.5) is 5.69 Å². The van der Waals surface area contributed by atoms with Crippen LogP contribution in [0.15, 0.2) is 18.2 Å². The maximum absolute atomic E-state index is 12.0. The number of aromatic carboxylic acids is 1. The maximum atomic E-state index is 12.0. The highest BCUT2D eigenvalue weighted by atomic mass is 16.4. The lowest BCUT2D eigenvalue weighted by molar-refractivity contribution is -0.118. The second kappa shape index (κ2) is 5.71. The van der Waals surface area contributed by atoms with E-state index in [0.29, 0.717) is 0 Å². The third-order valence-corrected chi connectivity index (χ3v) is 3.13. The van der Waals surface area contributed by atoms with Crippen molar-refractivity contribution in [3.05, 3.63) is 23.8 Å². The molecule has 6 nitrogen and oxygen atoms in total. The number of carboxylic acid groups (broad SMARTS) is 1. The number of piperidine rings is 1. The summed E-state index contributed by atoms with van der Waals surface area (Å²) in [4.78, 5) is 22.8. The van der Waals surface area contributed by atoms with Gasteiger partial charge in [-0.1, -0.05) is 6.42 Å². The van der Waals surface area contributed by atoms with Crippen molar-refractivity contribution >= 4 is 17.6 Å². The Morgan fingerprint density at radius 1 is 1.32 bits per heavy atom. The van der Waals surface area contributed by atoms with Gasteiger partial charge in [-0.25, -0.2) is 4.79 Å². The molecule has 1 amide bonds. The van der Waals surface area contributed by atoms with Crippen molar-refractivity contribution in [2.24, 2.45) is 0 Å². The molecule has 0 bridgehead atoms. The van der Waals surface area contributed by atoms with Crippen LogP contribution in [0, 0.1) is 0 Å². The van der Waals surface area contributed by atoms with Gasteiger partial charge in [0.1, 0.15) is 5.75 Å². The number of rotatable bonds is 3. The molecule has 0 unspecified atom stereocenters. The number of hydrogen-bond donors (Lipinski definition) is 4. The Hall–Kier alpha value is -2.08. The smallest absolute Gasteiger partial charge is 0.335 e. The van der Waals surface area contributed by atoms with Crippen LogP contribution in [0.25, 0.3) is 0 Å². The maximum Gasteiger partial charge on any atom is 0.335 e. The van der Waals surface area contributed by atoms with Gasteiger partial charge >= 0.3 is 5.97 Å². The number of benzene rings is 1. The zero-order valence-electron chi connectivity index (χ0n) is 10.3. The second-order valence-corrected chi connectivity index (χ2v) is 4.53. The van der Waals surface area contributed by atoms with E-state index in [4.69, 9.17) is 5.11 Å². The Balaban J connectivity index is 2.11. The highest BCUT2D eigenvalue weighted by molar-refractivity contribution is 5.98. The molecule has 0 saturated carbocycles. The van der Waals surface area contributed by atoms with Gasteiger partial charge < -0.3 is 20.8 Å². The molecule has 1 saturated heterocycles. The molecule has 1 aromatic carbocycles. The van der Waals surface area contributed by atoms with E-state index in [1.54, 1.807) is 0 Å². The zero-order valence-corrected chi connectivity index (χ0v) is 10.3. The lowest BCUT2D eigenvalue weighted by atomic mass is 10.0. The lowest BCUT2D eigenvalue weighted by Crippen LogP contribution is -2.43. The van der Waals surface area contributed by atoms with Crippen LogP contribution >= 0.6 is 0 Å². The highest BCUT2D eigenvalue weighted by Gasteiger charge is 2.21. The van der Waals surface area contributed by atoms with Crippen LogP contribution in [0.1, 0.15) is 29.6 Å². The fourth-order valence-electron chi connectivity index (χ4n) is 2.06. The highest BCUT2D eigenvalue weighted by Crippen LogP contribution is 2.24. The standard InChI is InChI=1S/C13H16N2O4/c16-11-5-4-8(13(18)19)7-10(11)15-12(17)9-3-1-2-6-14-9/h4-5,7,9,14,16H,1-3,6H2,(H,15,17)(H,18,19)/t9-/m0/s1. The molecule has 4 N–H and O–H groups in total. The van der Waals surface area contributed by atoms with Crippen molar-refractivity contribution in [3.63, 3.8) is 0 Å². The Kier molecular flexibility index (Phi) is 4.01. The summed E-state index contributed by atoms with van der Waals surface area (Å²) in [5.74, 6) is -1.50. The summed E-state index contributed by atoms with van der Waals surface area (Å²) in [6, 6.07) is 3.50. The number of aromatic hydroxyl groups is 1. The van der Waals surface area contributed by atoms with Crippen molar-refractivity contribution in [2.75, 3.05) is 11.9 Å². The number of nitrogens with one attached hydrogen (secondary N) is 2. The third kappa shape index (κ3) is 3.23. The second-order valence-electron chi connectivity index (χ2n) is 4.53. The molecule has 1 aliphatic heterocycles. The fraction of sp³-hybridized carbons (Fsp3) is 0.385. The number of amides is 1. The molecule has 0 radical (unpaired) electrons. The topological polar surface area (TPSA) is 98.7 Å². The van der Waals surface area contributed by atoms with Crippen LogP contribution in [-0.4, -0.2) is 34.7 Å². The molecule has 1 heterocycles. The van der Waals surface area contributed by atoms with Crippen molar-refractivity contribution in [1.29, 1.82) is 0 Å². The van der Waals surface area contributed by atoms with Gasteiger partial charge in [-0.15, -0.1) is 0 Å². The van der Waals surface area contributed by atoms with Crippen LogP contribution in [0.2, 0.25) is 0 Å². The Bertz CT molecular complexity index is 495. The molecule has 1 atom stereocenters. The monoisotopic (exact) mass is 264 g/mol. The average Bonchev–Trinajstić information content (AvgIpc) is 2.42. The first-order valence-corrected chi connectivity index (χ1v) is 6.18. The molecular formula is C13H16N2O4. The Labute approximate surface area is 110 Å². The van der Waals surface area contributed by atoms with E-state index in [9.17, 15) is 14.7 Å². The predicted octanol–water partition coefficient (Wildman–Crippen LogP) is 1.17. The summed E-state index contributed by atoms with van der Waals surface area (Å²) >= 11 is 0. The molecule has 1 aliphatic rings. The molecule has 1 fully saturated rings. The van der Waals surface area contributed by atoms with E-state index in [-0.39, 0.29) is 28.9 Å². The first-order chi connectivity index (χ1) is 9.08. The zero-order chi connectivity index (χ0) is 13.8. The summed E-state index contributed by atoms with van der Waals surface area (Å²) in [5.41, 5.74) is 0.141. The van der Waals surface area contributed by atoms with Gasteiger partial charge in [0.15, 0.2) is 0 Å². The van der Waals surface area contributed by atoms with E-state index >= 15 is 0 Å². The molecule has 19 heavy (non-hydrogen) atoms. The first-order valence-electron chi connectivity index (χ1n) is 6.18. The van der Waals surface area contributed by atoms with Gasteiger partial charge in [-0.05, 0) is 37.6 Å². The summed E-state index contributed by atoms with van der Waals surface area (Å²) in [6.45, 7) is 0.791. The molecule has 0 spiro atoms. The van der Waals surface area contributed by atoms with Crippen LogP contribution in [0.3, 0.4) is 0 Å². The minimum Gasteiger partial charge on any atom is -0.506 e. The number of carbonyl (C=O) groups is 2. The number of phenols is 1. The SMILES string of the molecule is O=C(O)c1ccc(O)c(NC(=O)[C@@H]2CCCCN2)c1. The van der Waals surface area contributed by atoms with Crippen LogP contribution in [0.5, 0.6) is 5.75 Å². The Morgan fingerprint density at radius 3 is 2.74 bits per heavy atom. The first kappa shape index (κ1) is 13.4. The van der Waals surface area contributed by atoms with E-state index in [1.807, 2.05) is 0 Å². The van der Waals surface area contributed by atoms with Crippen molar-refractivity contribution < 1.29 is 19.8 Å². The Morgan fingerprint density at radius 2 is 2.11 bits per heavy atom. The minimum atomic E-state index is -1.11. The van der Waals surface area contributed by atoms with Gasteiger partial charge in [0.2, 0.25) is 5.91 Å². The molecule has 102 valence electrons. The number of anilines is 1. The van der Waals surface area contributed by atoms with E-state index in [2.05, 4.69) is 10.6 Å². The molecule has 1 aromatic rings. The van der Waals surface area contributed by atoms with Gasteiger partial charge in [0.25, 0.3) is 0 Å². The van der Waals surface area contributed by atoms with Crippen molar-refractivity contribution in [1.82, 2.24) is 5.32 Å². The largest absolute Gasteiger partial charge is 0.506 e. The van der Waals surface area contributed by atoms with Crippen molar-refractivity contribution in [2.45, 2.75) is 25.3 Å². The van der Waals surface area contributed by atoms with Crippen molar-refractivity contribution in [3.8, 4) is 5.75 Å². The van der Waals surface area contributed by atoms with Gasteiger partial charge in [0, 0.05) is 0 Å². The number of phenolic OH excluding ortho intramolecular Hbond substituents is 1. The quantitative estimate of drug-likeness (QED) is 0.614. The third-order valence-electron chi connectivity index (χ3n) is 3.13. The number of carboxylic acids is 1. The summed E-state index contributed by atoms with van der Waals surface area (Å²) in [5, 5.41) is 24.2. The summed E-state index contributed by atoms with van der Waals surface area (Å²) in [7, 11) is 0. The summed E-state index contributed by atoms with van der Waals surface area (Å²) < 4.78 is 0. The molecule has 0 aliphatic carbocycles. The molecule has 0 aromatic heterocycles. The number of carbonyl (C=O) groups excluding carboxylic acids is 1. The van der Waals surface area contributed by atoms with Gasteiger partial charge in [0.05, 0.1) is 17.3 Å². The average molecular weight is 264 g/mol. The summed E-state index contributed by atoms with van der Waals surface area (Å²) in [6.07, 6.45) is 2.76. The number of hydrogen-bond acceptors (Lipinski definition) is 4. The predicted molar refractivity (Wildman–Crippen MR) is 69.3 cm³/mol. The van der Waals surface area contributed by atoms with Crippen LogP contribution < -0.4 is 10.6 Å². The molecular weight excluding hydrogens is 248 g/mol. The normalized spacial score (nSPS) is 18.8. The van der Waals surface area contributed by atoms with E-state index in [0.717, 1.165) is 25.8 Å². The van der Waals surface area contributed by atoms with E-state index in [1.165, 1.54) is 18.2 Å².